The van der Waals surface area contributed by atoms with Gasteiger partial charge in [-0.1, -0.05) is 0 Å². The lowest BCUT2D eigenvalue weighted by Gasteiger charge is -2.08. The molecule has 0 saturated carbocycles. The second-order valence-corrected chi connectivity index (χ2v) is 5.05. The summed E-state index contributed by atoms with van der Waals surface area (Å²) in [4.78, 5) is 16.8. The Hall–Kier alpha value is -2.63. The van der Waals surface area contributed by atoms with E-state index in [0.29, 0.717) is 23.1 Å². The Morgan fingerprint density at radius 2 is 2.10 bits per heavy atom. The zero-order valence-electron chi connectivity index (χ0n) is 12.1. The van der Waals surface area contributed by atoms with E-state index in [-0.39, 0.29) is 5.56 Å². The van der Waals surface area contributed by atoms with E-state index in [4.69, 9.17) is 5.73 Å². The van der Waals surface area contributed by atoms with Gasteiger partial charge < -0.3 is 5.73 Å². The quantitative estimate of drug-likeness (QED) is 0.740. The highest BCUT2D eigenvalue weighted by Crippen LogP contribution is 2.12. The van der Waals surface area contributed by atoms with E-state index in [1.807, 2.05) is 24.6 Å². The van der Waals surface area contributed by atoms with Crippen LogP contribution in [0.3, 0.4) is 0 Å². The topological polar surface area (TPSA) is 78.7 Å². The van der Waals surface area contributed by atoms with Crippen LogP contribution >= 0.6 is 0 Å². The van der Waals surface area contributed by atoms with Crippen LogP contribution in [0.25, 0.3) is 10.9 Å². The third-order valence-corrected chi connectivity index (χ3v) is 3.47. The summed E-state index contributed by atoms with van der Waals surface area (Å²) < 4.78 is 3.48. The van der Waals surface area contributed by atoms with Crippen LogP contribution in [0.15, 0.2) is 35.4 Å². The maximum absolute atomic E-state index is 12.5. The first-order valence-corrected chi connectivity index (χ1v) is 6.86. The van der Waals surface area contributed by atoms with Crippen LogP contribution in [0.4, 0.5) is 5.69 Å². The second-order valence-electron chi connectivity index (χ2n) is 5.05. The molecule has 0 atom stereocenters. The number of aromatic nitrogens is 4. The van der Waals surface area contributed by atoms with Crippen LogP contribution in [0, 0.1) is 6.92 Å². The van der Waals surface area contributed by atoms with Gasteiger partial charge in [-0.05, 0) is 38.1 Å². The lowest BCUT2D eigenvalue weighted by atomic mass is 10.2. The Morgan fingerprint density at radius 3 is 2.86 bits per heavy atom. The highest BCUT2D eigenvalue weighted by molar-refractivity contribution is 5.80. The number of rotatable bonds is 3. The number of hydrogen-bond acceptors (Lipinski definition) is 4. The Labute approximate surface area is 121 Å². The molecule has 2 N–H and O–H groups in total. The van der Waals surface area contributed by atoms with Crippen LogP contribution < -0.4 is 11.3 Å². The van der Waals surface area contributed by atoms with Gasteiger partial charge in [0.1, 0.15) is 0 Å². The van der Waals surface area contributed by atoms with E-state index in [9.17, 15) is 4.79 Å². The molecular formula is C15H17N5O. The van der Waals surface area contributed by atoms with Crippen LogP contribution in [-0.4, -0.2) is 19.3 Å². The molecule has 1 aromatic carbocycles. The van der Waals surface area contributed by atoms with Gasteiger partial charge in [-0.2, -0.15) is 5.10 Å². The zero-order chi connectivity index (χ0) is 15.0. The third-order valence-electron chi connectivity index (χ3n) is 3.47. The first kappa shape index (κ1) is 13.4. The maximum Gasteiger partial charge on any atom is 0.261 e. The highest BCUT2D eigenvalue weighted by atomic mass is 16.1. The molecule has 0 aliphatic heterocycles. The molecular weight excluding hydrogens is 266 g/mol. The molecule has 3 rings (SSSR count). The fourth-order valence-corrected chi connectivity index (χ4v) is 2.46. The van der Waals surface area contributed by atoms with E-state index in [1.54, 1.807) is 29.1 Å². The SMILES string of the molecule is CCn1nc(C)cc1Cn1cnc2ccc(N)cc2c1=O. The molecule has 0 saturated heterocycles. The van der Waals surface area contributed by atoms with Gasteiger partial charge >= 0.3 is 0 Å². The van der Waals surface area contributed by atoms with Gasteiger partial charge in [0.25, 0.3) is 5.56 Å². The van der Waals surface area contributed by atoms with Gasteiger partial charge in [0.05, 0.1) is 35.2 Å². The summed E-state index contributed by atoms with van der Waals surface area (Å²) in [6, 6.07) is 7.16. The van der Waals surface area contributed by atoms with E-state index in [2.05, 4.69) is 10.1 Å². The van der Waals surface area contributed by atoms with Crippen LogP contribution in [0.1, 0.15) is 18.3 Å². The van der Waals surface area contributed by atoms with Crippen LogP contribution in [-0.2, 0) is 13.1 Å². The maximum atomic E-state index is 12.5. The number of benzene rings is 1. The lowest BCUT2D eigenvalue weighted by molar-refractivity contribution is 0.590. The summed E-state index contributed by atoms with van der Waals surface area (Å²) in [5.41, 5.74) is 8.82. The van der Waals surface area contributed by atoms with Crippen molar-refractivity contribution in [2.75, 3.05) is 5.73 Å². The minimum atomic E-state index is -0.0891. The van der Waals surface area contributed by atoms with Crippen molar-refractivity contribution in [1.82, 2.24) is 19.3 Å². The van der Waals surface area contributed by atoms with E-state index >= 15 is 0 Å². The number of nitrogens with zero attached hydrogens (tertiary/aromatic N) is 4. The van der Waals surface area contributed by atoms with Gasteiger partial charge in [0.15, 0.2) is 0 Å². The van der Waals surface area contributed by atoms with Gasteiger partial charge in [0.2, 0.25) is 0 Å². The van der Waals surface area contributed by atoms with Crippen molar-refractivity contribution in [3.8, 4) is 0 Å². The number of nitrogens with two attached hydrogens (primary N) is 1. The molecule has 0 fully saturated rings. The Morgan fingerprint density at radius 1 is 1.29 bits per heavy atom. The summed E-state index contributed by atoms with van der Waals surface area (Å²) in [7, 11) is 0. The minimum absolute atomic E-state index is 0.0891. The molecule has 0 amide bonds. The predicted molar refractivity (Wildman–Crippen MR) is 82.2 cm³/mol. The average Bonchev–Trinajstić information content (AvgIpc) is 2.82. The molecule has 0 aliphatic carbocycles. The number of nitrogen functional groups attached to an aromatic ring is 1. The largest absolute Gasteiger partial charge is 0.399 e. The van der Waals surface area contributed by atoms with Crippen molar-refractivity contribution < 1.29 is 0 Å². The molecule has 6 heteroatoms. The summed E-state index contributed by atoms with van der Waals surface area (Å²) >= 11 is 0. The fourth-order valence-electron chi connectivity index (χ4n) is 2.46. The van der Waals surface area contributed by atoms with Crippen LogP contribution in [0.2, 0.25) is 0 Å². The standard InChI is InChI=1S/C15H17N5O/c1-3-20-12(6-10(2)18-20)8-19-9-17-14-5-4-11(16)7-13(14)15(19)21/h4-7,9H,3,8,16H2,1-2H3. The van der Waals surface area contributed by atoms with Crippen molar-refractivity contribution in [2.24, 2.45) is 0 Å². The molecule has 0 spiro atoms. The monoisotopic (exact) mass is 283 g/mol. The highest BCUT2D eigenvalue weighted by Gasteiger charge is 2.09. The van der Waals surface area contributed by atoms with Gasteiger partial charge in [0, 0.05) is 12.2 Å². The average molecular weight is 283 g/mol. The Bertz CT molecular complexity index is 862. The van der Waals surface area contributed by atoms with Crippen LogP contribution in [0.5, 0.6) is 0 Å². The van der Waals surface area contributed by atoms with Crippen molar-refractivity contribution in [3.05, 3.63) is 52.3 Å². The molecule has 3 aromatic rings. The Balaban J connectivity index is 2.08. The van der Waals surface area contributed by atoms with Gasteiger partial charge in [-0.25, -0.2) is 4.98 Å². The molecule has 6 nitrogen and oxygen atoms in total. The van der Waals surface area contributed by atoms with Crippen molar-refractivity contribution in [2.45, 2.75) is 26.9 Å². The number of hydrogen-bond donors (Lipinski definition) is 1. The summed E-state index contributed by atoms with van der Waals surface area (Å²) in [6.45, 7) is 5.19. The zero-order valence-corrected chi connectivity index (χ0v) is 12.1. The molecule has 2 aromatic heterocycles. The Kier molecular flexibility index (Phi) is 3.21. The van der Waals surface area contributed by atoms with E-state index < -0.39 is 0 Å². The molecule has 0 aliphatic rings. The van der Waals surface area contributed by atoms with Gasteiger partial charge in [-0.15, -0.1) is 0 Å². The molecule has 21 heavy (non-hydrogen) atoms. The molecule has 0 unspecified atom stereocenters. The molecule has 0 bridgehead atoms. The molecule has 108 valence electrons. The van der Waals surface area contributed by atoms with Crippen molar-refractivity contribution in [1.29, 1.82) is 0 Å². The first-order valence-electron chi connectivity index (χ1n) is 6.86. The summed E-state index contributed by atoms with van der Waals surface area (Å²) in [5, 5.41) is 4.93. The predicted octanol–water partition coefficient (Wildman–Crippen LogP) is 1.55. The number of aryl methyl sites for hydroxylation is 2. The summed E-state index contributed by atoms with van der Waals surface area (Å²) in [6.07, 6.45) is 1.57. The smallest absolute Gasteiger partial charge is 0.261 e. The fraction of sp³-hybridized carbons (Fsp3) is 0.267. The van der Waals surface area contributed by atoms with E-state index in [0.717, 1.165) is 17.9 Å². The van der Waals surface area contributed by atoms with E-state index in [1.165, 1.54) is 0 Å². The van der Waals surface area contributed by atoms with Gasteiger partial charge in [-0.3, -0.25) is 14.0 Å². The molecule has 2 heterocycles. The minimum Gasteiger partial charge on any atom is -0.399 e. The van der Waals surface area contributed by atoms with Crippen molar-refractivity contribution >= 4 is 16.6 Å². The lowest BCUT2D eigenvalue weighted by Crippen LogP contribution is -2.22. The molecule has 0 radical (unpaired) electrons. The number of fused-ring (bicyclic) bond motifs is 1. The summed E-state index contributed by atoms with van der Waals surface area (Å²) in [5.74, 6) is 0. The number of anilines is 1. The normalized spacial score (nSPS) is 11.1. The third kappa shape index (κ3) is 2.40. The second kappa shape index (κ2) is 5.05. The first-order chi connectivity index (χ1) is 10.1. The van der Waals surface area contributed by atoms with Crippen molar-refractivity contribution in [3.63, 3.8) is 0 Å².